The molecule has 0 N–H and O–H groups in total. The zero-order valence-electron chi connectivity index (χ0n) is 23.6. The van der Waals surface area contributed by atoms with Gasteiger partial charge in [-0.05, 0) is 73.2 Å². The van der Waals surface area contributed by atoms with Crippen molar-refractivity contribution in [3.63, 3.8) is 0 Å². The summed E-state index contributed by atoms with van der Waals surface area (Å²) in [4.78, 5) is 5.16. The largest absolute Gasteiger partial charge is 0.248 e. The fourth-order valence-electron chi connectivity index (χ4n) is 5.57. The molecule has 6 rings (SSSR count). The van der Waals surface area contributed by atoms with Gasteiger partial charge in [0.25, 0.3) is 0 Å². The lowest BCUT2D eigenvalue weighted by molar-refractivity contribution is 1.32. The minimum Gasteiger partial charge on any atom is -0.248 e. The molecule has 0 unspecified atom stereocenters. The van der Waals surface area contributed by atoms with Crippen LogP contribution in [-0.4, -0.2) is 4.98 Å². The Hall–Kier alpha value is -4.75. The second-order valence-corrected chi connectivity index (χ2v) is 10.9. The summed E-state index contributed by atoms with van der Waals surface area (Å²) in [5.74, 6) is 0. The van der Waals surface area contributed by atoms with E-state index in [0.29, 0.717) is 0 Å². The van der Waals surface area contributed by atoms with Crippen LogP contribution < -0.4 is 0 Å². The van der Waals surface area contributed by atoms with Gasteiger partial charge in [0.2, 0.25) is 0 Å². The van der Waals surface area contributed by atoms with Crippen LogP contribution in [0.1, 0.15) is 22.3 Å². The van der Waals surface area contributed by atoms with Crippen LogP contribution in [0, 0.1) is 27.7 Å². The van der Waals surface area contributed by atoms with Crippen molar-refractivity contribution in [2.24, 2.45) is 0 Å². The molecule has 0 aliphatic carbocycles. The molecule has 0 saturated carbocycles. The Morgan fingerprint density at radius 3 is 1.02 bits per heavy atom. The van der Waals surface area contributed by atoms with Crippen LogP contribution in [0.5, 0.6) is 0 Å². The predicted octanol–water partition coefficient (Wildman–Crippen LogP) is 10.7. The first-order chi connectivity index (χ1) is 19.4. The molecule has 0 fully saturated rings. The molecular weight excluding hydrogens is 482 g/mol. The van der Waals surface area contributed by atoms with E-state index in [1.165, 1.54) is 50.1 Å². The molecule has 1 heteroatoms. The van der Waals surface area contributed by atoms with Gasteiger partial charge in [-0.2, -0.15) is 0 Å². The number of hydrogen-bond donors (Lipinski definition) is 0. The van der Waals surface area contributed by atoms with Crippen molar-refractivity contribution < 1.29 is 0 Å². The van der Waals surface area contributed by atoms with Crippen LogP contribution in [0.4, 0.5) is 0 Å². The maximum atomic E-state index is 5.16. The van der Waals surface area contributed by atoms with E-state index in [9.17, 15) is 0 Å². The number of pyridine rings is 1. The summed E-state index contributed by atoms with van der Waals surface area (Å²) in [5, 5.41) is 0. The highest BCUT2D eigenvalue weighted by molar-refractivity contribution is 5.79. The Bertz CT molecular complexity index is 1640. The molecule has 5 aromatic carbocycles. The topological polar surface area (TPSA) is 12.9 Å². The van der Waals surface area contributed by atoms with Crippen LogP contribution in [0.2, 0.25) is 0 Å². The standard InChI is InChI=1S/C39H33N/c1-26-18-27(2)21-35(20-26)31-10-14-33(15-11-31)38-24-37(30-8-6-5-7-9-30)25-39(40-38)34-16-12-32(13-17-34)36-22-28(3)19-29(4)23-36/h5-25H,1-4H3. The number of benzene rings is 5. The highest BCUT2D eigenvalue weighted by atomic mass is 14.7. The quantitative estimate of drug-likeness (QED) is 0.222. The molecule has 0 spiro atoms. The first kappa shape index (κ1) is 25.5. The lowest BCUT2D eigenvalue weighted by Crippen LogP contribution is -1.92. The van der Waals surface area contributed by atoms with Gasteiger partial charge in [0.15, 0.2) is 0 Å². The predicted molar refractivity (Wildman–Crippen MR) is 170 cm³/mol. The Balaban J connectivity index is 1.40. The van der Waals surface area contributed by atoms with E-state index < -0.39 is 0 Å². The molecule has 0 atom stereocenters. The van der Waals surface area contributed by atoms with Crippen LogP contribution in [0.25, 0.3) is 55.9 Å². The third-order valence-electron chi connectivity index (χ3n) is 7.40. The molecule has 194 valence electrons. The molecule has 0 bridgehead atoms. The van der Waals surface area contributed by atoms with E-state index in [1.807, 2.05) is 0 Å². The van der Waals surface area contributed by atoms with E-state index >= 15 is 0 Å². The normalized spacial score (nSPS) is 11.0. The summed E-state index contributed by atoms with van der Waals surface area (Å²) < 4.78 is 0. The number of aromatic nitrogens is 1. The van der Waals surface area contributed by atoms with Crippen molar-refractivity contribution in [2.45, 2.75) is 27.7 Å². The van der Waals surface area contributed by atoms with Crippen molar-refractivity contribution in [3.8, 4) is 55.9 Å². The van der Waals surface area contributed by atoms with Gasteiger partial charge in [-0.25, -0.2) is 4.98 Å². The maximum Gasteiger partial charge on any atom is 0.0715 e. The first-order valence-corrected chi connectivity index (χ1v) is 13.9. The van der Waals surface area contributed by atoms with E-state index in [-0.39, 0.29) is 0 Å². The second-order valence-electron chi connectivity index (χ2n) is 10.9. The summed E-state index contributed by atoms with van der Waals surface area (Å²) in [6, 6.07) is 46.0. The van der Waals surface area contributed by atoms with Crippen molar-refractivity contribution in [3.05, 3.63) is 150 Å². The Kier molecular flexibility index (Phi) is 6.88. The molecule has 0 aliphatic heterocycles. The van der Waals surface area contributed by atoms with Gasteiger partial charge in [0.05, 0.1) is 11.4 Å². The number of aryl methyl sites for hydroxylation is 4. The third-order valence-corrected chi connectivity index (χ3v) is 7.40. The van der Waals surface area contributed by atoms with Crippen molar-refractivity contribution in [1.82, 2.24) is 4.98 Å². The van der Waals surface area contributed by atoms with Crippen LogP contribution in [-0.2, 0) is 0 Å². The highest BCUT2D eigenvalue weighted by Crippen LogP contribution is 2.33. The van der Waals surface area contributed by atoms with E-state index in [2.05, 4.69) is 155 Å². The van der Waals surface area contributed by atoms with E-state index in [1.54, 1.807) is 0 Å². The zero-order valence-corrected chi connectivity index (χ0v) is 23.6. The van der Waals surface area contributed by atoms with Gasteiger partial charge in [-0.3, -0.25) is 0 Å². The molecule has 0 amide bonds. The van der Waals surface area contributed by atoms with Crippen molar-refractivity contribution in [2.75, 3.05) is 0 Å². The minimum atomic E-state index is 0.974. The lowest BCUT2D eigenvalue weighted by Gasteiger charge is -2.12. The first-order valence-electron chi connectivity index (χ1n) is 13.9. The van der Waals surface area contributed by atoms with Crippen molar-refractivity contribution in [1.29, 1.82) is 0 Å². The average molecular weight is 516 g/mol. The SMILES string of the molecule is Cc1cc(C)cc(-c2ccc(-c3cc(-c4ccccc4)cc(-c4ccc(-c5cc(C)cc(C)c5)cc4)n3)cc2)c1. The molecule has 1 nitrogen and oxygen atoms in total. The molecule has 1 aromatic heterocycles. The van der Waals surface area contributed by atoms with E-state index in [4.69, 9.17) is 4.98 Å². The molecule has 1 heterocycles. The average Bonchev–Trinajstić information content (AvgIpc) is 2.96. The molecular formula is C39H33N. The van der Waals surface area contributed by atoms with Gasteiger partial charge < -0.3 is 0 Å². The van der Waals surface area contributed by atoms with Gasteiger partial charge >= 0.3 is 0 Å². The van der Waals surface area contributed by atoms with Gasteiger partial charge in [-0.15, -0.1) is 0 Å². The molecule has 0 saturated heterocycles. The van der Waals surface area contributed by atoms with Crippen LogP contribution in [0.3, 0.4) is 0 Å². The zero-order chi connectivity index (χ0) is 27.6. The number of rotatable bonds is 5. The second kappa shape index (κ2) is 10.8. The summed E-state index contributed by atoms with van der Waals surface area (Å²) in [6.07, 6.45) is 0. The highest BCUT2D eigenvalue weighted by Gasteiger charge is 2.10. The Labute approximate surface area is 237 Å². The van der Waals surface area contributed by atoms with Crippen LogP contribution in [0.15, 0.2) is 127 Å². The fourth-order valence-corrected chi connectivity index (χ4v) is 5.57. The molecule has 40 heavy (non-hydrogen) atoms. The smallest absolute Gasteiger partial charge is 0.0715 e. The number of nitrogens with zero attached hydrogens (tertiary/aromatic N) is 1. The molecule has 0 radical (unpaired) electrons. The molecule has 6 aromatic rings. The number of hydrogen-bond acceptors (Lipinski definition) is 1. The molecule has 0 aliphatic rings. The monoisotopic (exact) mass is 515 g/mol. The fraction of sp³-hybridized carbons (Fsp3) is 0.103. The summed E-state index contributed by atoms with van der Waals surface area (Å²) >= 11 is 0. The van der Waals surface area contributed by atoms with E-state index in [0.717, 1.165) is 28.1 Å². The lowest BCUT2D eigenvalue weighted by atomic mass is 9.96. The van der Waals surface area contributed by atoms with Gasteiger partial charge in [0.1, 0.15) is 0 Å². The van der Waals surface area contributed by atoms with Crippen LogP contribution >= 0.6 is 0 Å². The Morgan fingerprint density at radius 2 is 0.625 bits per heavy atom. The maximum absolute atomic E-state index is 5.16. The van der Waals surface area contributed by atoms with Crippen molar-refractivity contribution >= 4 is 0 Å². The van der Waals surface area contributed by atoms with Gasteiger partial charge in [-0.1, -0.05) is 138 Å². The Morgan fingerprint density at radius 1 is 0.300 bits per heavy atom. The summed E-state index contributed by atoms with van der Waals surface area (Å²) in [6.45, 7) is 8.61. The minimum absolute atomic E-state index is 0.974. The summed E-state index contributed by atoms with van der Waals surface area (Å²) in [7, 11) is 0. The van der Waals surface area contributed by atoms with Gasteiger partial charge in [0, 0.05) is 11.1 Å². The summed E-state index contributed by atoms with van der Waals surface area (Å²) in [5.41, 5.74) is 16.6. The third kappa shape index (κ3) is 5.51.